The number of aliphatic hydroxyl groups is 1. The van der Waals surface area contributed by atoms with E-state index in [1.54, 1.807) is 34.7 Å². The average molecular weight is 407 g/mol. The maximum absolute atomic E-state index is 14.8. The van der Waals surface area contributed by atoms with Crippen molar-refractivity contribution in [2.45, 2.75) is 19.4 Å². The molecule has 3 aromatic heterocycles. The molecule has 3 heterocycles. The van der Waals surface area contributed by atoms with Crippen LogP contribution in [0.3, 0.4) is 0 Å². The third-order valence-corrected chi connectivity index (χ3v) is 5.15. The zero-order valence-corrected chi connectivity index (χ0v) is 16.7. The van der Waals surface area contributed by atoms with Crippen LogP contribution in [-0.4, -0.2) is 49.4 Å². The summed E-state index contributed by atoms with van der Waals surface area (Å²) in [5.41, 5.74) is 4.55. The molecule has 3 N–H and O–H groups in total. The van der Waals surface area contributed by atoms with Gasteiger partial charge in [-0.3, -0.25) is 4.68 Å². The molecule has 8 nitrogen and oxygen atoms in total. The highest BCUT2D eigenvalue weighted by Crippen LogP contribution is 2.30. The van der Waals surface area contributed by atoms with Gasteiger partial charge in [0.05, 0.1) is 36.9 Å². The van der Waals surface area contributed by atoms with Crippen molar-refractivity contribution in [3.8, 4) is 11.3 Å². The van der Waals surface area contributed by atoms with E-state index in [0.29, 0.717) is 34.7 Å². The third-order valence-electron chi connectivity index (χ3n) is 5.15. The Hall–Kier alpha value is -3.59. The van der Waals surface area contributed by atoms with Gasteiger partial charge in [-0.2, -0.15) is 10.2 Å². The van der Waals surface area contributed by atoms with Crippen molar-refractivity contribution in [3.05, 3.63) is 65.5 Å². The molecular weight excluding hydrogens is 385 g/mol. The van der Waals surface area contributed by atoms with Gasteiger partial charge in [-0.05, 0) is 29.8 Å². The monoisotopic (exact) mass is 407 g/mol. The average Bonchev–Trinajstić information content (AvgIpc) is 3.40. The predicted molar refractivity (Wildman–Crippen MR) is 113 cm³/mol. The van der Waals surface area contributed by atoms with Crippen molar-refractivity contribution in [3.63, 3.8) is 0 Å². The summed E-state index contributed by atoms with van der Waals surface area (Å²) in [7, 11) is 1.70. The molecule has 0 saturated heterocycles. The molecule has 0 aliphatic rings. The van der Waals surface area contributed by atoms with Crippen LogP contribution in [-0.2, 0) is 6.54 Å². The van der Waals surface area contributed by atoms with E-state index in [1.165, 1.54) is 12.3 Å². The summed E-state index contributed by atoms with van der Waals surface area (Å²) in [6, 6.07) is 6.79. The first-order valence-corrected chi connectivity index (χ1v) is 9.55. The number of hydrogen-bond donors (Lipinski definition) is 3. The number of imidazole rings is 1. The highest BCUT2D eigenvalue weighted by molar-refractivity contribution is 5.86. The van der Waals surface area contributed by atoms with Crippen molar-refractivity contribution in [1.29, 1.82) is 5.41 Å². The number of rotatable bonds is 7. The van der Waals surface area contributed by atoms with E-state index in [4.69, 9.17) is 15.6 Å². The number of anilines is 1. The van der Waals surface area contributed by atoms with Gasteiger partial charge in [0.25, 0.3) is 0 Å². The first-order chi connectivity index (χ1) is 14.5. The van der Waals surface area contributed by atoms with E-state index in [1.807, 2.05) is 25.3 Å². The Morgan fingerprint density at radius 2 is 2.13 bits per heavy atom. The number of nitrogens with zero attached hydrogens (tertiary/aromatic N) is 5. The molecule has 1 aromatic carbocycles. The quantitative estimate of drug-likeness (QED) is 0.409. The van der Waals surface area contributed by atoms with Crippen LogP contribution in [0.1, 0.15) is 29.7 Å². The van der Waals surface area contributed by atoms with E-state index in [9.17, 15) is 4.39 Å². The lowest BCUT2D eigenvalue weighted by Gasteiger charge is -2.15. The number of nitrogens with one attached hydrogen (secondary N) is 2. The molecule has 0 aliphatic carbocycles. The van der Waals surface area contributed by atoms with E-state index in [0.717, 1.165) is 11.3 Å². The van der Waals surface area contributed by atoms with E-state index in [2.05, 4.69) is 15.4 Å². The smallest absolute Gasteiger partial charge is 0.153 e. The summed E-state index contributed by atoms with van der Waals surface area (Å²) in [4.78, 5) is 4.41. The van der Waals surface area contributed by atoms with Gasteiger partial charge in [-0.1, -0.05) is 6.92 Å². The lowest BCUT2D eigenvalue weighted by molar-refractivity contribution is 0.269. The SMILES string of the molecule is CNc1cc(F)c(C(C)c2cnc3ccc(-c4cnn(CCO)c4)nn23)cc1C=N. The number of halogens is 1. The fraction of sp³-hybridized carbons (Fsp3) is 0.238. The minimum atomic E-state index is -0.353. The van der Waals surface area contributed by atoms with Crippen molar-refractivity contribution in [2.75, 3.05) is 19.0 Å². The van der Waals surface area contributed by atoms with Gasteiger partial charge in [0, 0.05) is 42.2 Å². The number of hydrogen-bond acceptors (Lipinski definition) is 6. The number of benzene rings is 1. The van der Waals surface area contributed by atoms with E-state index < -0.39 is 0 Å². The Bertz CT molecular complexity index is 1210. The standard InChI is InChI=1S/C21H22FN7O/c1-13(16-7-14(9-23)19(24-2)8-17(16)22)20-11-25-21-4-3-18(27-29(20)21)15-10-26-28(12-15)5-6-30/h3-4,7-13,23-24,30H,5-6H2,1-2H3. The third kappa shape index (κ3) is 3.43. The molecule has 4 aromatic rings. The molecule has 0 fully saturated rings. The summed E-state index contributed by atoms with van der Waals surface area (Å²) in [6.45, 7) is 2.31. The molecule has 0 aliphatic heterocycles. The molecular formula is C21H22FN7O. The van der Waals surface area contributed by atoms with Gasteiger partial charge in [0.2, 0.25) is 0 Å². The molecule has 0 radical (unpaired) electrons. The topological polar surface area (TPSA) is 104 Å². The Balaban J connectivity index is 1.76. The highest BCUT2D eigenvalue weighted by atomic mass is 19.1. The van der Waals surface area contributed by atoms with E-state index in [-0.39, 0.29) is 18.3 Å². The van der Waals surface area contributed by atoms with Crippen LogP contribution in [0.4, 0.5) is 10.1 Å². The molecule has 0 amide bonds. The minimum absolute atomic E-state index is 0.00636. The number of fused-ring (bicyclic) bond motifs is 1. The Labute approximate surface area is 172 Å². The molecule has 4 rings (SSSR count). The summed E-state index contributed by atoms with van der Waals surface area (Å²) in [5, 5.41) is 28.5. The van der Waals surface area contributed by atoms with Crippen LogP contribution in [0.5, 0.6) is 0 Å². The Morgan fingerprint density at radius 3 is 2.87 bits per heavy atom. The molecule has 1 unspecified atom stereocenters. The normalized spacial score (nSPS) is 12.3. The first kappa shape index (κ1) is 19.7. The van der Waals surface area contributed by atoms with Gasteiger partial charge in [-0.25, -0.2) is 13.9 Å². The van der Waals surface area contributed by atoms with Crippen LogP contribution < -0.4 is 5.32 Å². The molecule has 0 bridgehead atoms. The Morgan fingerprint density at radius 1 is 1.30 bits per heavy atom. The lowest BCUT2D eigenvalue weighted by atomic mass is 9.95. The second-order valence-electron chi connectivity index (χ2n) is 6.96. The summed E-state index contributed by atoms with van der Waals surface area (Å²) in [5.74, 6) is -0.682. The highest BCUT2D eigenvalue weighted by Gasteiger charge is 2.20. The van der Waals surface area contributed by atoms with Crippen molar-refractivity contribution >= 4 is 17.5 Å². The minimum Gasteiger partial charge on any atom is -0.394 e. The Kier molecular flexibility index (Phi) is 5.28. The zero-order chi connectivity index (χ0) is 21.3. The van der Waals surface area contributed by atoms with Crippen molar-refractivity contribution in [1.82, 2.24) is 24.4 Å². The van der Waals surface area contributed by atoms with Crippen LogP contribution in [0.2, 0.25) is 0 Å². The first-order valence-electron chi connectivity index (χ1n) is 9.55. The fourth-order valence-electron chi connectivity index (χ4n) is 3.50. The van der Waals surface area contributed by atoms with Crippen LogP contribution in [0.25, 0.3) is 16.9 Å². The lowest BCUT2D eigenvalue weighted by Crippen LogP contribution is -2.07. The number of aromatic nitrogens is 5. The summed E-state index contributed by atoms with van der Waals surface area (Å²) < 4.78 is 18.2. The zero-order valence-electron chi connectivity index (χ0n) is 16.7. The molecule has 30 heavy (non-hydrogen) atoms. The molecule has 154 valence electrons. The number of aliphatic hydroxyl groups excluding tert-OH is 1. The van der Waals surface area contributed by atoms with Crippen molar-refractivity contribution < 1.29 is 9.50 Å². The van der Waals surface area contributed by atoms with Gasteiger partial charge >= 0.3 is 0 Å². The van der Waals surface area contributed by atoms with Crippen LogP contribution >= 0.6 is 0 Å². The second-order valence-corrected chi connectivity index (χ2v) is 6.96. The van der Waals surface area contributed by atoms with Gasteiger partial charge < -0.3 is 15.8 Å². The molecule has 9 heteroatoms. The molecule has 0 saturated carbocycles. The van der Waals surface area contributed by atoms with Gasteiger partial charge in [-0.15, -0.1) is 0 Å². The maximum Gasteiger partial charge on any atom is 0.153 e. The second kappa shape index (κ2) is 8.03. The van der Waals surface area contributed by atoms with Crippen molar-refractivity contribution in [2.24, 2.45) is 0 Å². The van der Waals surface area contributed by atoms with Gasteiger partial charge in [0.1, 0.15) is 5.82 Å². The van der Waals surface area contributed by atoms with Crippen LogP contribution in [0, 0.1) is 11.2 Å². The fourth-order valence-corrected chi connectivity index (χ4v) is 3.50. The summed E-state index contributed by atoms with van der Waals surface area (Å²) >= 11 is 0. The van der Waals surface area contributed by atoms with Gasteiger partial charge in [0.15, 0.2) is 5.65 Å². The maximum atomic E-state index is 14.8. The van der Waals surface area contributed by atoms with Crippen LogP contribution in [0.15, 0.2) is 42.9 Å². The summed E-state index contributed by atoms with van der Waals surface area (Å²) in [6.07, 6.45) is 6.41. The largest absolute Gasteiger partial charge is 0.394 e. The predicted octanol–water partition coefficient (Wildman–Crippen LogP) is 2.92. The van der Waals surface area contributed by atoms with E-state index >= 15 is 0 Å². The molecule has 1 atom stereocenters. The molecule has 0 spiro atoms.